The van der Waals surface area contributed by atoms with Gasteiger partial charge in [0.15, 0.2) is 0 Å². The van der Waals surface area contributed by atoms with Gasteiger partial charge in [-0.3, -0.25) is 4.79 Å². The van der Waals surface area contributed by atoms with Crippen molar-refractivity contribution >= 4 is 17.5 Å². The Balaban J connectivity index is 1.93. The second kappa shape index (κ2) is 4.67. The van der Waals surface area contributed by atoms with Crippen molar-refractivity contribution in [2.45, 2.75) is 25.4 Å². The second-order valence-electron chi connectivity index (χ2n) is 4.82. The number of amides is 1. The van der Waals surface area contributed by atoms with Crippen molar-refractivity contribution < 1.29 is 9.90 Å². The third kappa shape index (κ3) is 3.20. The highest BCUT2D eigenvalue weighted by molar-refractivity contribution is 6.30. The van der Waals surface area contributed by atoms with Crippen molar-refractivity contribution in [3.63, 3.8) is 0 Å². The summed E-state index contributed by atoms with van der Waals surface area (Å²) in [5, 5.41) is 13.3. The van der Waals surface area contributed by atoms with Crippen LogP contribution in [0.2, 0.25) is 5.02 Å². The molecule has 0 aliphatic heterocycles. The van der Waals surface area contributed by atoms with Crippen molar-refractivity contribution in [3.8, 4) is 0 Å². The molecule has 2 rings (SSSR count). The molecule has 0 radical (unpaired) electrons. The number of nitrogens with one attached hydrogen (secondary N) is 1. The lowest BCUT2D eigenvalue weighted by molar-refractivity contribution is 0.0354. The first-order valence-corrected chi connectivity index (χ1v) is 6.13. The molecule has 17 heavy (non-hydrogen) atoms. The minimum absolute atomic E-state index is 0.201. The van der Waals surface area contributed by atoms with Crippen LogP contribution in [0.25, 0.3) is 0 Å². The summed E-state index contributed by atoms with van der Waals surface area (Å²) in [6.07, 6.45) is 2.08. The molecule has 2 N–H and O–H groups in total. The summed E-state index contributed by atoms with van der Waals surface area (Å²) in [6, 6.07) is 6.77. The van der Waals surface area contributed by atoms with Crippen molar-refractivity contribution in [2.75, 3.05) is 6.54 Å². The number of carbonyl (C=O) groups is 1. The fourth-order valence-electron chi connectivity index (χ4n) is 1.84. The van der Waals surface area contributed by atoms with Gasteiger partial charge in [0.2, 0.25) is 0 Å². The van der Waals surface area contributed by atoms with E-state index in [-0.39, 0.29) is 12.5 Å². The largest absolute Gasteiger partial charge is 0.388 e. The molecule has 92 valence electrons. The van der Waals surface area contributed by atoms with Crippen LogP contribution in [-0.2, 0) is 0 Å². The van der Waals surface area contributed by atoms with Gasteiger partial charge in [-0.15, -0.1) is 0 Å². The van der Waals surface area contributed by atoms with Gasteiger partial charge >= 0.3 is 0 Å². The monoisotopic (exact) mass is 253 g/mol. The molecule has 3 nitrogen and oxygen atoms in total. The first-order chi connectivity index (χ1) is 7.99. The first kappa shape index (κ1) is 12.4. The van der Waals surface area contributed by atoms with Crippen LogP contribution in [0.1, 0.15) is 30.1 Å². The number of rotatable bonds is 4. The van der Waals surface area contributed by atoms with E-state index in [2.05, 4.69) is 5.32 Å². The molecule has 0 saturated heterocycles. The SMILES string of the molecule is C[C@](O)(CNC(=O)c1cccc(Cl)c1)C1CC1. The smallest absolute Gasteiger partial charge is 0.251 e. The van der Waals surface area contributed by atoms with Crippen LogP contribution in [0, 0.1) is 5.92 Å². The van der Waals surface area contributed by atoms with Crippen molar-refractivity contribution in [2.24, 2.45) is 5.92 Å². The predicted octanol–water partition coefficient (Wildman–Crippen LogP) is 2.23. The zero-order valence-corrected chi connectivity index (χ0v) is 10.5. The molecule has 1 fully saturated rings. The highest BCUT2D eigenvalue weighted by Crippen LogP contribution is 2.39. The maximum absolute atomic E-state index is 11.8. The van der Waals surface area contributed by atoms with Crippen LogP contribution in [0.15, 0.2) is 24.3 Å². The van der Waals surface area contributed by atoms with Gasteiger partial charge in [0.05, 0.1) is 5.60 Å². The standard InChI is InChI=1S/C13H16ClNO2/c1-13(17,10-5-6-10)8-15-12(16)9-3-2-4-11(14)7-9/h2-4,7,10,17H,5-6,8H2,1H3,(H,15,16)/t13-/m0/s1. The maximum atomic E-state index is 11.8. The van der Waals surface area contributed by atoms with Gasteiger partial charge in [-0.2, -0.15) is 0 Å². The average molecular weight is 254 g/mol. The number of benzene rings is 1. The Morgan fingerprint density at radius 2 is 2.29 bits per heavy atom. The molecule has 4 heteroatoms. The van der Waals surface area contributed by atoms with Crippen LogP contribution < -0.4 is 5.32 Å². The Hall–Kier alpha value is -1.06. The van der Waals surface area contributed by atoms with E-state index in [1.165, 1.54) is 0 Å². The quantitative estimate of drug-likeness (QED) is 0.865. The lowest BCUT2D eigenvalue weighted by Gasteiger charge is -2.23. The first-order valence-electron chi connectivity index (χ1n) is 5.75. The van der Waals surface area contributed by atoms with Gasteiger partial charge < -0.3 is 10.4 Å². The van der Waals surface area contributed by atoms with E-state index in [0.717, 1.165) is 12.8 Å². The van der Waals surface area contributed by atoms with Gasteiger partial charge in [-0.1, -0.05) is 17.7 Å². The third-order valence-corrected chi connectivity index (χ3v) is 3.39. The minimum Gasteiger partial charge on any atom is -0.388 e. The van der Waals surface area contributed by atoms with E-state index in [4.69, 9.17) is 11.6 Å². The molecule has 0 unspecified atom stereocenters. The van der Waals surface area contributed by atoms with E-state index >= 15 is 0 Å². The van der Waals surface area contributed by atoms with E-state index in [9.17, 15) is 9.90 Å². The van der Waals surface area contributed by atoms with Crippen molar-refractivity contribution in [1.29, 1.82) is 0 Å². The molecule has 0 heterocycles. The third-order valence-electron chi connectivity index (χ3n) is 3.15. The molecule has 0 spiro atoms. The highest BCUT2D eigenvalue weighted by Gasteiger charge is 2.39. The molecule has 1 aromatic carbocycles. The van der Waals surface area contributed by atoms with Gasteiger partial charge in [0.25, 0.3) is 5.91 Å². The number of hydrogen-bond donors (Lipinski definition) is 2. The Labute approximate surface area is 106 Å². The highest BCUT2D eigenvalue weighted by atomic mass is 35.5. The van der Waals surface area contributed by atoms with Crippen LogP contribution in [-0.4, -0.2) is 23.2 Å². The number of hydrogen-bond acceptors (Lipinski definition) is 2. The van der Waals surface area contributed by atoms with Crippen LogP contribution in [0.4, 0.5) is 0 Å². The van der Waals surface area contributed by atoms with E-state index in [1.54, 1.807) is 31.2 Å². The maximum Gasteiger partial charge on any atom is 0.251 e. The topological polar surface area (TPSA) is 49.3 Å². The van der Waals surface area contributed by atoms with Gasteiger partial charge in [-0.25, -0.2) is 0 Å². The molecule has 1 amide bonds. The van der Waals surface area contributed by atoms with E-state index < -0.39 is 5.60 Å². The molecular formula is C13H16ClNO2. The van der Waals surface area contributed by atoms with Crippen molar-refractivity contribution in [3.05, 3.63) is 34.9 Å². The van der Waals surface area contributed by atoms with Gasteiger partial charge in [-0.05, 0) is 43.9 Å². The summed E-state index contributed by atoms with van der Waals surface area (Å²) < 4.78 is 0. The number of halogens is 1. The normalized spacial score (nSPS) is 18.5. The van der Waals surface area contributed by atoms with Crippen molar-refractivity contribution in [1.82, 2.24) is 5.32 Å². The fourth-order valence-corrected chi connectivity index (χ4v) is 2.03. The van der Waals surface area contributed by atoms with E-state index in [1.807, 2.05) is 0 Å². The average Bonchev–Trinajstić information content (AvgIpc) is 3.10. The molecular weight excluding hydrogens is 238 g/mol. The molecule has 0 bridgehead atoms. The predicted molar refractivity (Wildman–Crippen MR) is 67.1 cm³/mol. The summed E-state index contributed by atoms with van der Waals surface area (Å²) in [4.78, 5) is 11.8. The number of aliphatic hydroxyl groups is 1. The van der Waals surface area contributed by atoms with Crippen LogP contribution >= 0.6 is 11.6 Å². The summed E-state index contributed by atoms with van der Waals surface area (Å²) in [7, 11) is 0. The summed E-state index contributed by atoms with van der Waals surface area (Å²) in [5.41, 5.74) is -0.280. The minimum atomic E-state index is -0.797. The lowest BCUT2D eigenvalue weighted by atomic mass is 10.0. The summed E-state index contributed by atoms with van der Waals surface area (Å²) in [5.74, 6) is 0.121. The van der Waals surface area contributed by atoms with Crippen LogP contribution in [0.5, 0.6) is 0 Å². The zero-order valence-electron chi connectivity index (χ0n) is 9.74. The lowest BCUT2D eigenvalue weighted by Crippen LogP contribution is -2.42. The summed E-state index contributed by atoms with van der Waals surface area (Å²) >= 11 is 5.81. The summed E-state index contributed by atoms with van der Waals surface area (Å²) in [6.45, 7) is 2.05. The van der Waals surface area contributed by atoms with Gasteiger partial charge in [0, 0.05) is 17.1 Å². The zero-order chi connectivity index (χ0) is 12.5. The fraction of sp³-hybridized carbons (Fsp3) is 0.462. The number of carbonyl (C=O) groups excluding carboxylic acids is 1. The van der Waals surface area contributed by atoms with E-state index in [0.29, 0.717) is 16.5 Å². The Kier molecular flexibility index (Phi) is 3.40. The Morgan fingerprint density at radius 1 is 1.59 bits per heavy atom. The Morgan fingerprint density at radius 3 is 2.88 bits per heavy atom. The molecule has 1 aliphatic carbocycles. The second-order valence-corrected chi connectivity index (χ2v) is 5.26. The molecule has 1 aliphatic rings. The molecule has 1 atom stereocenters. The molecule has 0 aromatic heterocycles. The van der Waals surface area contributed by atoms with Crippen LogP contribution in [0.3, 0.4) is 0 Å². The molecule has 1 saturated carbocycles. The molecule has 1 aromatic rings. The Bertz CT molecular complexity index is 427. The van der Waals surface area contributed by atoms with Gasteiger partial charge in [0.1, 0.15) is 0 Å².